The zero-order valence-corrected chi connectivity index (χ0v) is 9.33. The van der Waals surface area contributed by atoms with E-state index in [0.29, 0.717) is 0 Å². The Labute approximate surface area is 72.8 Å². The van der Waals surface area contributed by atoms with Gasteiger partial charge in [0.1, 0.15) is 0 Å². The second-order valence-electron chi connectivity index (χ2n) is 3.00. The van der Waals surface area contributed by atoms with Crippen LogP contribution in [-0.4, -0.2) is 48.4 Å². The van der Waals surface area contributed by atoms with Crippen LogP contribution in [0.5, 0.6) is 0 Å². The molecule has 0 amide bonds. The van der Waals surface area contributed by atoms with Crippen LogP contribution in [-0.2, 0) is 0 Å². The quantitative estimate of drug-likeness (QED) is 0.489. The van der Waals surface area contributed by atoms with Gasteiger partial charge in [-0.05, 0) is 0 Å². The van der Waals surface area contributed by atoms with Crippen molar-refractivity contribution in [3.8, 4) is 0 Å². The second-order valence-corrected chi connectivity index (χ2v) is 23.1. The molecule has 1 nitrogen and oxygen atoms in total. The Hall–Kier alpha value is 1.81. The van der Waals surface area contributed by atoms with Crippen LogP contribution in [0.25, 0.3) is 0 Å². The third-order valence-electron chi connectivity index (χ3n) is 0. The molecule has 0 fully saturated rings. The third kappa shape index (κ3) is 41.0. The van der Waals surface area contributed by atoms with E-state index in [1.807, 2.05) is 0 Å². The van der Waals surface area contributed by atoms with Crippen LogP contribution in [0, 0.1) is 0 Å². The van der Waals surface area contributed by atoms with Gasteiger partial charge in [-0.1, -0.05) is 0 Å². The SMILES string of the molecule is C[Si](C)(C)[K].N. The summed E-state index contributed by atoms with van der Waals surface area (Å²) in [5.74, 6) is 0. The summed E-state index contributed by atoms with van der Waals surface area (Å²) in [5, 5.41) is 0. The molecular formula is C3H12KNSi. The van der Waals surface area contributed by atoms with Gasteiger partial charge >= 0.3 is 68.1 Å². The van der Waals surface area contributed by atoms with E-state index in [1.165, 1.54) is 0 Å². The van der Waals surface area contributed by atoms with E-state index >= 15 is 0 Å². The summed E-state index contributed by atoms with van der Waals surface area (Å²) in [4.78, 5) is 0. The summed E-state index contributed by atoms with van der Waals surface area (Å²) in [6.45, 7) is 7.23. The molecule has 0 aromatic heterocycles. The number of hydrogen-bond acceptors (Lipinski definition) is 1. The first kappa shape index (κ1) is 10.7. The molecule has 0 aliphatic carbocycles. The minimum Gasteiger partial charge on any atom is -0.344 e. The molecule has 0 bridgehead atoms. The van der Waals surface area contributed by atoms with Gasteiger partial charge in [0.2, 0.25) is 0 Å². The summed E-state index contributed by atoms with van der Waals surface area (Å²) in [7, 11) is 0. The fourth-order valence-electron chi connectivity index (χ4n) is 0. The fourth-order valence-corrected chi connectivity index (χ4v) is 0. The molecule has 0 spiro atoms. The molecule has 0 aromatic carbocycles. The molecule has 34 valence electrons. The zero-order chi connectivity index (χ0) is 4.50. The normalized spacial score (nSPS) is 10.2. The van der Waals surface area contributed by atoms with Crippen LogP contribution in [0.15, 0.2) is 0 Å². The van der Waals surface area contributed by atoms with Crippen molar-refractivity contribution >= 4 is 48.4 Å². The molecule has 0 saturated carbocycles. The predicted molar refractivity (Wildman–Crippen MR) is 34.1 cm³/mol. The summed E-state index contributed by atoms with van der Waals surface area (Å²) >= 11 is 1.14. The largest absolute Gasteiger partial charge is 0.344 e. The Morgan fingerprint density at radius 2 is 1.17 bits per heavy atom. The molecule has 0 atom stereocenters. The van der Waals surface area contributed by atoms with Crippen molar-refractivity contribution in [1.29, 1.82) is 0 Å². The Balaban J connectivity index is 0. The van der Waals surface area contributed by atoms with Crippen molar-refractivity contribution < 1.29 is 0 Å². The second kappa shape index (κ2) is 3.77. The molecule has 0 aliphatic rings. The van der Waals surface area contributed by atoms with E-state index in [1.54, 1.807) is 0 Å². The smallest absolute Gasteiger partial charge is 0.344 e. The van der Waals surface area contributed by atoms with Gasteiger partial charge < -0.3 is 6.15 Å². The standard InChI is InChI=1S/C3H9Si.K.H3N/c1-4(2)3;;/h1-3H3;;1H3. The van der Waals surface area contributed by atoms with Gasteiger partial charge in [-0.15, -0.1) is 0 Å². The summed E-state index contributed by atoms with van der Waals surface area (Å²) < 4.78 is -0.424. The monoisotopic (exact) mass is 129 g/mol. The van der Waals surface area contributed by atoms with Crippen LogP contribution in [0.1, 0.15) is 0 Å². The average molecular weight is 129 g/mol. The van der Waals surface area contributed by atoms with Gasteiger partial charge in [-0.25, -0.2) is 0 Å². The molecule has 0 saturated heterocycles. The topological polar surface area (TPSA) is 35.0 Å². The minimum atomic E-state index is -0.424. The molecule has 0 aromatic rings. The molecule has 3 heteroatoms. The Morgan fingerprint density at radius 1 is 1.17 bits per heavy atom. The maximum Gasteiger partial charge on any atom is -0.344 e. The van der Waals surface area contributed by atoms with Crippen molar-refractivity contribution in [2.45, 2.75) is 19.6 Å². The van der Waals surface area contributed by atoms with E-state index < -0.39 is 0.755 Å². The maximum absolute atomic E-state index is 2.41. The molecule has 0 aliphatic heterocycles. The third-order valence-corrected chi connectivity index (χ3v) is 0. The molecule has 6 heavy (non-hydrogen) atoms. The van der Waals surface area contributed by atoms with Crippen molar-refractivity contribution in [2.75, 3.05) is 0 Å². The Morgan fingerprint density at radius 3 is 1.17 bits per heavy atom. The van der Waals surface area contributed by atoms with E-state index in [4.69, 9.17) is 0 Å². The van der Waals surface area contributed by atoms with Crippen LogP contribution < -0.4 is 6.15 Å². The molecule has 0 heterocycles. The Bertz CT molecular complexity index is 26.3. The minimum absolute atomic E-state index is 0. The maximum atomic E-state index is 2.41. The van der Waals surface area contributed by atoms with Gasteiger partial charge in [0.25, 0.3) is 0 Å². The van der Waals surface area contributed by atoms with Gasteiger partial charge in [-0.2, -0.15) is 0 Å². The van der Waals surface area contributed by atoms with Crippen molar-refractivity contribution in [2.24, 2.45) is 0 Å². The summed E-state index contributed by atoms with van der Waals surface area (Å²) in [5.41, 5.74) is 0. The summed E-state index contributed by atoms with van der Waals surface area (Å²) in [6.07, 6.45) is 0. The van der Waals surface area contributed by atoms with Crippen molar-refractivity contribution in [3.63, 3.8) is 0 Å². The van der Waals surface area contributed by atoms with E-state index in [2.05, 4.69) is 19.6 Å². The average Bonchev–Trinajstić information content (AvgIpc) is 0.722. The Kier molecular flexibility index (Phi) is 6.75. The van der Waals surface area contributed by atoms with E-state index in [0.717, 1.165) is 47.7 Å². The van der Waals surface area contributed by atoms with Gasteiger partial charge in [0, 0.05) is 0 Å². The number of hydrogen-bond donors (Lipinski definition) is 1. The van der Waals surface area contributed by atoms with Crippen LogP contribution in [0.4, 0.5) is 0 Å². The molecule has 3 N–H and O–H groups in total. The van der Waals surface area contributed by atoms with Crippen LogP contribution >= 0.6 is 0 Å². The first-order valence-electron chi connectivity index (χ1n) is 2.00. The van der Waals surface area contributed by atoms with E-state index in [9.17, 15) is 0 Å². The van der Waals surface area contributed by atoms with Crippen LogP contribution in [0.3, 0.4) is 0 Å². The van der Waals surface area contributed by atoms with Crippen LogP contribution in [0.2, 0.25) is 19.6 Å². The van der Waals surface area contributed by atoms with Gasteiger partial charge in [0.15, 0.2) is 0 Å². The first-order chi connectivity index (χ1) is 2.00. The van der Waals surface area contributed by atoms with Crippen molar-refractivity contribution in [3.05, 3.63) is 0 Å². The van der Waals surface area contributed by atoms with Crippen molar-refractivity contribution in [1.82, 2.24) is 6.15 Å². The number of rotatable bonds is 0. The molecule has 0 radical (unpaired) electrons. The predicted octanol–water partition coefficient (Wildman–Crippen LogP) is 1.15. The molecule has 0 rings (SSSR count). The van der Waals surface area contributed by atoms with Gasteiger partial charge in [-0.3, -0.25) is 0 Å². The first-order valence-corrected chi connectivity index (χ1v) is 10.7. The fraction of sp³-hybridized carbons (Fsp3) is 1.00. The molecular weight excluding hydrogens is 117 g/mol. The zero-order valence-electron chi connectivity index (χ0n) is 5.21. The van der Waals surface area contributed by atoms with E-state index in [-0.39, 0.29) is 6.15 Å². The van der Waals surface area contributed by atoms with Gasteiger partial charge in [0.05, 0.1) is 0 Å². The molecule has 0 unspecified atom stereocenters. The summed E-state index contributed by atoms with van der Waals surface area (Å²) in [6, 6.07) is 0.